The van der Waals surface area contributed by atoms with Gasteiger partial charge in [-0.15, -0.1) is 0 Å². The summed E-state index contributed by atoms with van der Waals surface area (Å²) < 4.78 is 1.78. The van der Waals surface area contributed by atoms with Crippen molar-refractivity contribution >= 4 is 22.5 Å². The first-order chi connectivity index (χ1) is 20.3. The van der Waals surface area contributed by atoms with Gasteiger partial charge in [0.05, 0.1) is 16.9 Å². The maximum Gasteiger partial charge on any atom is 0.261 e. The van der Waals surface area contributed by atoms with Gasteiger partial charge in [0.1, 0.15) is 5.82 Å². The second-order valence-corrected chi connectivity index (χ2v) is 12.4. The summed E-state index contributed by atoms with van der Waals surface area (Å²) in [5.74, 6) is 1.05. The zero-order valence-corrected chi connectivity index (χ0v) is 26.1. The number of nitrogens with zero attached hydrogens (tertiary/aromatic N) is 5. The summed E-state index contributed by atoms with van der Waals surface area (Å²) in [7, 11) is 1.88. The lowest BCUT2D eigenvalue weighted by atomic mass is 10.0. The molecule has 5 rings (SSSR count). The highest BCUT2D eigenvalue weighted by molar-refractivity contribution is 5.93. The molecule has 3 heterocycles. The number of rotatable bonds is 9. The minimum Gasteiger partial charge on any atom is -0.309 e. The van der Waals surface area contributed by atoms with Crippen molar-refractivity contribution < 1.29 is 4.79 Å². The normalized spacial score (nSPS) is 21.5. The summed E-state index contributed by atoms with van der Waals surface area (Å²) in [6.07, 6.45) is 4.40. The Bertz CT molecular complexity index is 1400. The predicted octanol–water partition coefficient (Wildman–Crippen LogP) is 4.86. The summed E-state index contributed by atoms with van der Waals surface area (Å²) in [5.41, 5.74) is 2.99. The van der Waals surface area contributed by atoms with E-state index in [4.69, 9.17) is 4.98 Å². The van der Waals surface area contributed by atoms with Crippen molar-refractivity contribution in [2.24, 2.45) is 7.05 Å². The Morgan fingerprint density at radius 1 is 1.05 bits per heavy atom. The summed E-state index contributed by atoms with van der Waals surface area (Å²) in [5, 5.41) is 4.31. The van der Waals surface area contributed by atoms with Crippen LogP contribution in [0.4, 0.5) is 5.69 Å². The standard InChI is InChI=1S/C34H48N6O2/c1-6-11-31(39-21-24(3)35-25(4)22-39)33-36-30-20-26(14-15-29(30)34(42)37(33)5)23-38-18-16-28(17-19-38)40(32(41)7-2)27-12-9-8-10-13-27/h8-10,12-15,20,24-25,28,31,35H,6-7,11,16-19,21-23H2,1-5H3/t24-,25+,31?. The number of nitrogens with one attached hydrogen (secondary N) is 1. The molecule has 0 bridgehead atoms. The molecule has 8 heteroatoms. The lowest BCUT2D eigenvalue weighted by molar-refractivity contribution is -0.119. The number of hydrogen-bond acceptors (Lipinski definition) is 6. The van der Waals surface area contributed by atoms with E-state index in [0.29, 0.717) is 23.9 Å². The molecule has 3 aromatic rings. The van der Waals surface area contributed by atoms with Crippen LogP contribution in [0.5, 0.6) is 0 Å². The van der Waals surface area contributed by atoms with Crippen molar-refractivity contribution in [2.45, 2.75) is 90.5 Å². The van der Waals surface area contributed by atoms with E-state index in [9.17, 15) is 9.59 Å². The van der Waals surface area contributed by atoms with Crippen molar-refractivity contribution in [3.63, 3.8) is 0 Å². The molecule has 0 radical (unpaired) electrons. The van der Waals surface area contributed by atoms with Crippen molar-refractivity contribution in [3.05, 3.63) is 70.3 Å². The number of aromatic nitrogens is 2. The van der Waals surface area contributed by atoms with Crippen molar-refractivity contribution in [2.75, 3.05) is 31.1 Å². The van der Waals surface area contributed by atoms with Gasteiger partial charge >= 0.3 is 0 Å². The lowest BCUT2D eigenvalue weighted by Gasteiger charge is -2.41. The maximum atomic E-state index is 13.5. The van der Waals surface area contributed by atoms with E-state index in [1.165, 1.54) is 5.56 Å². The molecule has 0 aliphatic carbocycles. The molecule has 3 atom stereocenters. The van der Waals surface area contributed by atoms with Crippen LogP contribution < -0.4 is 15.8 Å². The summed E-state index contributed by atoms with van der Waals surface area (Å²) >= 11 is 0. The fourth-order valence-electron chi connectivity index (χ4n) is 7.01. The minimum absolute atomic E-state index is 0.0290. The van der Waals surface area contributed by atoms with Gasteiger partial charge in [-0.2, -0.15) is 0 Å². The number of hydrogen-bond donors (Lipinski definition) is 1. The summed E-state index contributed by atoms with van der Waals surface area (Å²) in [6, 6.07) is 17.4. The monoisotopic (exact) mass is 572 g/mol. The first-order valence-electron chi connectivity index (χ1n) is 15.9. The Labute approximate surface area is 250 Å². The summed E-state index contributed by atoms with van der Waals surface area (Å²) in [4.78, 5) is 38.6. The first-order valence-corrected chi connectivity index (χ1v) is 15.9. The molecule has 1 aromatic heterocycles. The highest BCUT2D eigenvalue weighted by Gasteiger charge is 2.31. The van der Waals surface area contributed by atoms with Gasteiger partial charge < -0.3 is 10.2 Å². The van der Waals surface area contributed by atoms with E-state index in [2.05, 4.69) is 48.0 Å². The molecule has 2 aromatic carbocycles. The largest absolute Gasteiger partial charge is 0.309 e. The number of fused-ring (bicyclic) bond motifs is 1. The third kappa shape index (κ3) is 6.61. The fraction of sp³-hybridized carbons (Fsp3) is 0.559. The molecular weight excluding hydrogens is 524 g/mol. The van der Waals surface area contributed by atoms with E-state index in [-0.39, 0.29) is 23.6 Å². The van der Waals surface area contributed by atoms with E-state index in [0.717, 1.165) is 75.4 Å². The van der Waals surface area contributed by atoms with E-state index >= 15 is 0 Å². The maximum absolute atomic E-state index is 13.5. The number of carbonyl (C=O) groups excluding carboxylic acids is 1. The second kappa shape index (κ2) is 13.5. The number of likely N-dealkylation sites (tertiary alicyclic amines) is 1. The van der Waals surface area contributed by atoms with Crippen LogP contribution in [0, 0.1) is 0 Å². The number of piperazine rings is 1. The molecule has 2 aliphatic heterocycles. The SMILES string of the molecule is CCCC(c1nc2cc(CN3CCC(N(C(=O)CC)c4ccccc4)CC3)ccc2c(=O)n1C)N1C[C@@H](C)N[C@@H](C)C1. The first kappa shape index (κ1) is 30.4. The van der Waals surface area contributed by atoms with Gasteiger partial charge in [-0.3, -0.25) is 24.0 Å². The van der Waals surface area contributed by atoms with Gasteiger partial charge in [0.2, 0.25) is 5.91 Å². The molecular formula is C34H48N6O2. The number of piperidine rings is 1. The van der Waals surface area contributed by atoms with Gasteiger partial charge in [0, 0.05) is 70.0 Å². The molecule has 2 saturated heterocycles. The van der Waals surface area contributed by atoms with Crippen LogP contribution in [-0.4, -0.2) is 69.6 Å². The van der Waals surface area contributed by atoms with E-state index in [1.807, 2.05) is 55.3 Å². The van der Waals surface area contributed by atoms with Crippen LogP contribution in [0.15, 0.2) is 53.3 Å². The number of para-hydroxylation sites is 1. The highest BCUT2D eigenvalue weighted by Crippen LogP contribution is 2.28. The van der Waals surface area contributed by atoms with Gasteiger partial charge in [0.15, 0.2) is 0 Å². The molecule has 0 spiro atoms. The predicted molar refractivity (Wildman–Crippen MR) is 171 cm³/mol. The van der Waals surface area contributed by atoms with Gasteiger partial charge in [-0.1, -0.05) is 44.5 Å². The van der Waals surface area contributed by atoms with Crippen molar-refractivity contribution in [3.8, 4) is 0 Å². The van der Waals surface area contributed by atoms with Crippen molar-refractivity contribution in [1.29, 1.82) is 0 Å². The Morgan fingerprint density at radius 3 is 2.38 bits per heavy atom. The Hall–Kier alpha value is -3.07. The fourth-order valence-corrected chi connectivity index (χ4v) is 7.01. The molecule has 1 unspecified atom stereocenters. The van der Waals surface area contributed by atoms with Gasteiger partial charge in [0.25, 0.3) is 5.56 Å². The average Bonchev–Trinajstić information content (AvgIpc) is 2.99. The molecule has 226 valence electrons. The zero-order chi connectivity index (χ0) is 29.8. The third-order valence-corrected chi connectivity index (χ3v) is 9.00. The topological polar surface area (TPSA) is 73.7 Å². The van der Waals surface area contributed by atoms with Gasteiger partial charge in [-0.25, -0.2) is 4.98 Å². The van der Waals surface area contributed by atoms with E-state index < -0.39 is 0 Å². The molecule has 2 aliphatic rings. The van der Waals surface area contributed by atoms with Crippen LogP contribution >= 0.6 is 0 Å². The average molecular weight is 573 g/mol. The number of carbonyl (C=O) groups is 1. The van der Waals surface area contributed by atoms with E-state index in [1.54, 1.807) is 4.57 Å². The smallest absolute Gasteiger partial charge is 0.261 e. The third-order valence-electron chi connectivity index (χ3n) is 9.00. The van der Waals surface area contributed by atoms with Crippen LogP contribution in [0.1, 0.15) is 77.2 Å². The lowest BCUT2D eigenvalue weighted by Crippen LogP contribution is -2.55. The minimum atomic E-state index is 0.0290. The zero-order valence-electron chi connectivity index (χ0n) is 26.1. The van der Waals surface area contributed by atoms with Crippen molar-refractivity contribution in [1.82, 2.24) is 24.7 Å². The Morgan fingerprint density at radius 2 is 1.74 bits per heavy atom. The quantitative estimate of drug-likeness (QED) is 0.395. The number of anilines is 1. The number of amides is 1. The highest BCUT2D eigenvalue weighted by atomic mass is 16.2. The van der Waals surface area contributed by atoms with Crippen LogP contribution in [0.3, 0.4) is 0 Å². The molecule has 1 amide bonds. The van der Waals surface area contributed by atoms with Crippen LogP contribution in [0.2, 0.25) is 0 Å². The molecule has 0 saturated carbocycles. The van der Waals surface area contributed by atoms with Crippen LogP contribution in [0.25, 0.3) is 10.9 Å². The molecule has 2 fully saturated rings. The van der Waals surface area contributed by atoms with Crippen LogP contribution in [-0.2, 0) is 18.4 Å². The van der Waals surface area contributed by atoms with Gasteiger partial charge in [-0.05, 0) is 62.9 Å². The molecule has 1 N–H and O–H groups in total. The molecule has 42 heavy (non-hydrogen) atoms. The Balaban J connectivity index is 1.34. The Kier molecular flexibility index (Phi) is 9.76. The summed E-state index contributed by atoms with van der Waals surface area (Å²) in [6.45, 7) is 13.2. The second-order valence-electron chi connectivity index (χ2n) is 12.4. The number of benzene rings is 2. The molecule has 8 nitrogen and oxygen atoms in total.